The Labute approximate surface area is 119 Å². The van der Waals surface area contributed by atoms with Crippen LogP contribution in [-0.4, -0.2) is 30.1 Å². The van der Waals surface area contributed by atoms with Crippen molar-refractivity contribution in [1.29, 1.82) is 0 Å². The van der Waals surface area contributed by atoms with Crippen LogP contribution in [0.2, 0.25) is 0 Å². The van der Waals surface area contributed by atoms with Crippen molar-refractivity contribution in [3.8, 4) is 5.75 Å². The van der Waals surface area contributed by atoms with E-state index in [1.165, 1.54) is 0 Å². The minimum Gasteiger partial charge on any atom is -0.490 e. The molecule has 0 amide bonds. The summed E-state index contributed by atoms with van der Waals surface area (Å²) in [5, 5.41) is 10.6. The summed E-state index contributed by atoms with van der Waals surface area (Å²) in [5.74, 6) is -8.67. The summed E-state index contributed by atoms with van der Waals surface area (Å²) >= 11 is 0. The minimum atomic E-state index is -6.07. The highest BCUT2D eigenvalue weighted by Crippen LogP contribution is 2.36. The molecule has 1 rings (SSSR count). The lowest BCUT2D eigenvalue weighted by atomic mass is 10.2. The maximum absolute atomic E-state index is 12.6. The van der Waals surface area contributed by atoms with Crippen LogP contribution in [0, 0.1) is 10.1 Å². The summed E-state index contributed by atoms with van der Waals surface area (Å²) < 4.78 is 69.6. The van der Waals surface area contributed by atoms with Gasteiger partial charge in [-0.15, -0.1) is 0 Å². The average Bonchev–Trinajstić information content (AvgIpc) is 2.42. The summed E-state index contributed by atoms with van der Waals surface area (Å²) in [6.07, 6.45) is -6.07. The van der Waals surface area contributed by atoms with Gasteiger partial charge in [-0.2, -0.15) is 22.0 Å². The van der Waals surface area contributed by atoms with E-state index < -0.39 is 35.3 Å². The molecule has 0 N–H and O–H groups in total. The minimum absolute atomic E-state index is 0.0613. The van der Waals surface area contributed by atoms with Gasteiger partial charge in [0.15, 0.2) is 5.75 Å². The van der Waals surface area contributed by atoms with Gasteiger partial charge in [-0.05, 0) is 17.7 Å². The molecule has 11 heteroatoms. The number of halogens is 5. The molecule has 0 heterocycles. The monoisotopic (exact) mass is 329 g/mol. The van der Waals surface area contributed by atoms with E-state index in [-0.39, 0.29) is 11.3 Å². The first kappa shape index (κ1) is 17.6. The number of esters is 1. The highest BCUT2D eigenvalue weighted by molar-refractivity contribution is 5.78. The number of hydrogen-bond donors (Lipinski definition) is 0. The summed E-state index contributed by atoms with van der Waals surface area (Å²) in [6.45, 7) is -0.932. The Balaban J connectivity index is 2.85. The first-order valence-electron chi connectivity index (χ1n) is 5.43. The lowest BCUT2D eigenvalue weighted by Gasteiger charge is -2.17. The molecule has 0 aliphatic heterocycles. The van der Waals surface area contributed by atoms with Crippen LogP contribution in [-0.2, 0) is 16.1 Å². The quantitative estimate of drug-likeness (QED) is 0.359. The lowest BCUT2D eigenvalue weighted by molar-refractivity contribution is -0.385. The van der Waals surface area contributed by atoms with E-state index in [4.69, 9.17) is 0 Å². The van der Waals surface area contributed by atoms with Gasteiger partial charge in [-0.1, -0.05) is 0 Å². The number of methoxy groups -OCH3 is 1. The van der Waals surface area contributed by atoms with Crippen molar-refractivity contribution in [1.82, 2.24) is 0 Å². The predicted octanol–water partition coefficient (Wildman–Crippen LogP) is 2.84. The van der Waals surface area contributed by atoms with Gasteiger partial charge >= 0.3 is 23.8 Å². The summed E-state index contributed by atoms with van der Waals surface area (Å²) in [6, 6.07) is 2.95. The number of carbonyl (C=O) groups is 1. The van der Waals surface area contributed by atoms with E-state index in [0.29, 0.717) is 0 Å². The smallest absolute Gasteiger partial charge is 0.465 e. The Morgan fingerprint density at radius 3 is 2.32 bits per heavy atom. The molecule has 22 heavy (non-hydrogen) atoms. The average molecular weight is 329 g/mol. The van der Waals surface area contributed by atoms with Crippen molar-refractivity contribution in [2.45, 2.75) is 18.7 Å². The molecule has 0 saturated heterocycles. The van der Waals surface area contributed by atoms with Gasteiger partial charge in [0.25, 0.3) is 0 Å². The molecule has 0 aromatic heterocycles. The van der Waals surface area contributed by atoms with Crippen LogP contribution >= 0.6 is 0 Å². The maximum Gasteiger partial charge on any atom is 0.465 e. The van der Waals surface area contributed by atoms with Crippen LogP contribution in [0.3, 0.4) is 0 Å². The number of rotatable bonds is 5. The zero-order chi connectivity index (χ0) is 17.1. The number of hydrogen-bond acceptors (Lipinski definition) is 5. The molecule has 0 aliphatic rings. The van der Waals surface area contributed by atoms with E-state index >= 15 is 0 Å². The molecule has 1 aromatic carbocycles. The predicted molar refractivity (Wildman–Crippen MR) is 60.4 cm³/mol. The molecule has 6 nitrogen and oxygen atoms in total. The van der Waals surface area contributed by atoms with E-state index in [1.54, 1.807) is 0 Å². The van der Waals surface area contributed by atoms with Crippen LogP contribution in [0.25, 0.3) is 0 Å². The topological polar surface area (TPSA) is 78.7 Å². The third-order valence-corrected chi connectivity index (χ3v) is 2.42. The second-order valence-electron chi connectivity index (χ2n) is 3.91. The Morgan fingerprint density at radius 1 is 1.27 bits per heavy atom. The van der Waals surface area contributed by atoms with E-state index in [1.807, 2.05) is 0 Å². The number of alkyl halides is 5. The number of nitro groups is 1. The van der Waals surface area contributed by atoms with Gasteiger partial charge in [0.05, 0.1) is 12.0 Å². The molecular weight excluding hydrogens is 321 g/mol. The highest BCUT2D eigenvalue weighted by Gasteiger charge is 2.64. The zero-order valence-corrected chi connectivity index (χ0v) is 10.8. The van der Waals surface area contributed by atoms with Crippen LogP contribution in [0.4, 0.5) is 27.6 Å². The van der Waals surface area contributed by atoms with Gasteiger partial charge in [-0.25, -0.2) is 4.79 Å². The molecule has 0 atom stereocenters. The Hall–Kier alpha value is -2.46. The Morgan fingerprint density at radius 2 is 1.86 bits per heavy atom. The number of ether oxygens (including phenoxy) is 2. The van der Waals surface area contributed by atoms with Crippen LogP contribution in [0.15, 0.2) is 18.2 Å². The lowest BCUT2D eigenvalue weighted by Crippen LogP contribution is -2.45. The van der Waals surface area contributed by atoms with Gasteiger partial charge in [0, 0.05) is 6.07 Å². The van der Waals surface area contributed by atoms with Crippen molar-refractivity contribution < 1.29 is 41.1 Å². The van der Waals surface area contributed by atoms with Gasteiger partial charge in [0.1, 0.15) is 6.61 Å². The third kappa shape index (κ3) is 3.59. The molecule has 0 radical (unpaired) electrons. The molecule has 0 spiro atoms. The van der Waals surface area contributed by atoms with Crippen molar-refractivity contribution in [2.24, 2.45) is 0 Å². The molecule has 0 unspecified atom stereocenters. The molecular formula is C11H8F5NO5. The fourth-order valence-electron chi connectivity index (χ4n) is 1.32. The molecule has 1 aromatic rings. The van der Waals surface area contributed by atoms with Crippen LogP contribution in [0.5, 0.6) is 5.75 Å². The summed E-state index contributed by atoms with van der Waals surface area (Å²) in [4.78, 5) is 20.6. The van der Waals surface area contributed by atoms with Gasteiger partial charge in [-0.3, -0.25) is 10.1 Å². The number of benzene rings is 1. The first-order valence-corrected chi connectivity index (χ1v) is 5.43. The SMILES string of the molecule is COc1cc(COC(=O)C(F)(F)C(F)(F)F)ccc1[N+](=O)[O-]. The van der Waals surface area contributed by atoms with Crippen LogP contribution < -0.4 is 4.74 Å². The van der Waals surface area contributed by atoms with Crippen molar-refractivity contribution in [2.75, 3.05) is 7.11 Å². The summed E-state index contributed by atoms with van der Waals surface area (Å²) in [5.41, 5.74) is -0.507. The summed E-state index contributed by atoms with van der Waals surface area (Å²) in [7, 11) is 1.09. The largest absolute Gasteiger partial charge is 0.490 e. The maximum atomic E-state index is 12.6. The second-order valence-corrected chi connectivity index (χ2v) is 3.91. The fourth-order valence-corrected chi connectivity index (χ4v) is 1.32. The van der Waals surface area contributed by atoms with Crippen molar-refractivity contribution in [3.05, 3.63) is 33.9 Å². The second kappa shape index (κ2) is 6.12. The van der Waals surface area contributed by atoms with Gasteiger partial charge in [0.2, 0.25) is 0 Å². The van der Waals surface area contributed by atoms with Gasteiger partial charge < -0.3 is 9.47 Å². The zero-order valence-electron chi connectivity index (χ0n) is 10.8. The molecule has 0 aliphatic carbocycles. The van der Waals surface area contributed by atoms with Crippen LogP contribution in [0.1, 0.15) is 5.56 Å². The number of carbonyl (C=O) groups excluding carboxylic acids is 1. The van der Waals surface area contributed by atoms with Crippen molar-refractivity contribution in [3.63, 3.8) is 0 Å². The number of nitrogens with zero attached hydrogens (tertiary/aromatic N) is 1. The highest BCUT2D eigenvalue weighted by atomic mass is 19.4. The molecule has 0 saturated carbocycles. The fraction of sp³-hybridized carbons (Fsp3) is 0.364. The standard InChI is InChI=1S/C11H8F5NO5/c1-21-8-4-6(2-3-7(8)17(19)20)5-22-9(18)10(12,13)11(14,15)16/h2-4H,5H2,1H3. The third-order valence-electron chi connectivity index (χ3n) is 2.42. The number of nitro benzene ring substituents is 1. The van der Waals surface area contributed by atoms with E-state index in [0.717, 1.165) is 25.3 Å². The van der Waals surface area contributed by atoms with E-state index in [2.05, 4.69) is 9.47 Å². The molecule has 122 valence electrons. The Kier molecular flexibility index (Phi) is 4.89. The van der Waals surface area contributed by atoms with Crippen molar-refractivity contribution >= 4 is 11.7 Å². The molecule has 0 fully saturated rings. The first-order chi connectivity index (χ1) is 10.0. The Bertz CT molecular complexity index is 587. The molecule has 0 bridgehead atoms. The normalized spacial score (nSPS) is 11.9. The van der Waals surface area contributed by atoms with E-state index in [9.17, 15) is 36.9 Å².